The lowest BCUT2D eigenvalue weighted by molar-refractivity contribution is 0.413. The highest BCUT2D eigenvalue weighted by molar-refractivity contribution is 7.22. The van der Waals surface area contributed by atoms with Gasteiger partial charge in [-0.05, 0) is 72.1 Å². The molecule has 0 aliphatic carbocycles. The Morgan fingerprint density at radius 3 is 2.69 bits per heavy atom. The molecule has 0 amide bonds. The van der Waals surface area contributed by atoms with Crippen LogP contribution in [0.4, 0.5) is 0 Å². The molecule has 0 atom stereocenters. The lowest BCUT2D eigenvalue weighted by Crippen LogP contribution is -2.33. The van der Waals surface area contributed by atoms with E-state index in [1.54, 1.807) is 24.8 Å². The first-order valence-electron chi connectivity index (χ1n) is 10.9. The Bertz CT molecular complexity index is 1870. The Morgan fingerprint density at radius 2 is 1.91 bits per heavy atom. The van der Waals surface area contributed by atoms with Crippen molar-refractivity contribution in [2.24, 2.45) is 0 Å². The summed E-state index contributed by atoms with van der Waals surface area (Å²) in [5, 5.41) is 3.51. The van der Waals surface area contributed by atoms with Gasteiger partial charge in [-0.25, -0.2) is 14.3 Å². The predicted octanol–water partition coefficient (Wildman–Crippen LogP) is 5.43. The van der Waals surface area contributed by atoms with E-state index in [1.165, 1.54) is 15.9 Å². The highest BCUT2D eigenvalue weighted by Crippen LogP contribution is 2.38. The molecule has 0 saturated heterocycles. The fraction of sp³-hybridized carbons (Fsp3) is 0.115. The summed E-state index contributed by atoms with van der Waals surface area (Å²) in [6.45, 7) is 3.85. The van der Waals surface area contributed by atoms with Crippen molar-refractivity contribution in [2.75, 3.05) is 7.11 Å². The summed E-state index contributed by atoms with van der Waals surface area (Å²) in [7, 11) is 1.63. The van der Waals surface area contributed by atoms with Crippen LogP contribution in [0.5, 0.6) is 5.75 Å². The quantitative estimate of drug-likeness (QED) is 0.350. The molecule has 0 bridgehead atoms. The fourth-order valence-corrected chi connectivity index (χ4v) is 6.36. The van der Waals surface area contributed by atoms with Crippen LogP contribution in [0.3, 0.4) is 0 Å². The summed E-state index contributed by atoms with van der Waals surface area (Å²) in [5.74, 6) is 0.687. The van der Waals surface area contributed by atoms with Crippen molar-refractivity contribution >= 4 is 43.0 Å². The van der Waals surface area contributed by atoms with E-state index in [-0.39, 0.29) is 5.56 Å². The number of imidazole rings is 1. The Kier molecular flexibility index (Phi) is 4.98. The lowest BCUT2D eigenvalue weighted by atomic mass is 10.1. The van der Waals surface area contributed by atoms with Crippen molar-refractivity contribution < 1.29 is 4.74 Å². The van der Waals surface area contributed by atoms with E-state index in [2.05, 4.69) is 9.97 Å². The highest BCUT2D eigenvalue weighted by Gasteiger charge is 2.19. The van der Waals surface area contributed by atoms with E-state index in [0.29, 0.717) is 21.7 Å². The average molecular weight is 501 g/mol. The number of nitrogens with zero attached hydrogens (tertiary/aromatic N) is 3. The van der Waals surface area contributed by atoms with E-state index in [1.807, 2.05) is 72.5 Å². The van der Waals surface area contributed by atoms with E-state index >= 15 is 0 Å². The van der Waals surface area contributed by atoms with Crippen molar-refractivity contribution in [3.8, 4) is 27.6 Å². The second-order valence-electron chi connectivity index (χ2n) is 8.28. The van der Waals surface area contributed by atoms with Crippen molar-refractivity contribution in [3.63, 3.8) is 0 Å². The number of thiophene rings is 2. The summed E-state index contributed by atoms with van der Waals surface area (Å²) in [6, 6.07) is 13.5. The predicted molar refractivity (Wildman–Crippen MR) is 142 cm³/mol. The van der Waals surface area contributed by atoms with Gasteiger partial charge in [-0.15, -0.1) is 22.7 Å². The van der Waals surface area contributed by atoms with Gasteiger partial charge in [-0.2, -0.15) is 0 Å². The van der Waals surface area contributed by atoms with Gasteiger partial charge in [0.15, 0.2) is 0 Å². The monoisotopic (exact) mass is 500 g/mol. The topological polar surface area (TPSA) is 81.9 Å². The molecule has 7 nitrogen and oxygen atoms in total. The molecule has 0 unspecified atom stereocenters. The van der Waals surface area contributed by atoms with Crippen LogP contribution in [-0.4, -0.2) is 26.2 Å². The molecule has 0 radical (unpaired) electrons. The fourth-order valence-electron chi connectivity index (χ4n) is 4.40. The third kappa shape index (κ3) is 3.43. The lowest BCUT2D eigenvalue weighted by Gasteiger charge is -2.11. The van der Waals surface area contributed by atoms with E-state index in [0.717, 1.165) is 37.5 Å². The van der Waals surface area contributed by atoms with Crippen LogP contribution < -0.4 is 16.0 Å². The largest absolute Gasteiger partial charge is 0.495 e. The van der Waals surface area contributed by atoms with Crippen LogP contribution in [0, 0.1) is 13.8 Å². The Morgan fingerprint density at radius 1 is 1.06 bits per heavy atom. The first kappa shape index (κ1) is 21.6. The zero-order valence-electron chi connectivity index (χ0n) is 19.2. The molecule has 35 heavy (non-hydrogen) atoms. The molecule has 4 aromatic heterocycles. The molecule has 0 aliphatic rings. The molecule has 0 saturated carbocycles. The van der Waals surface area contributed by atoms with Gasteiger partial charge in [0.05, 0.1) is 35.9 Å². The molecule has 1 N–H and O–H groups in total. The molecular formula is C26H20N4O3S2. The summed E-state index contributed by atoms with van der Waals surface area (Å²) < 4.78 is 9.90. The number of ether oxygens (including phenoxy) is 1. The number of benzene rings is 2. The van der Waals surface area contributed by atoms with Gasteiger partial charge < -0.3 is 9.30 Å². The number of H-pyrrole nitrogens is 1. The third-order valence-electron chi connectivity index (χ3n) is 6.11. The molecule has 6 rings (SSSR count). The van der Waals surface area contributed by atoms with Crippen LogP contribution in [0.2, 0.25) is 0 Å². The molecule has 9 heteroatoms. The van der Waals surface area contributed by atoms with Gasteiger partial charge in [-0.3, -0.25) is 9.78 Å². The number of methoxy groups -OCH3 is 1. The standard InChI is InChI=1S/C26H20N4O3S2/c1-14-12-29(13-27-14)19-6-4-17(11-20(19)33-3)23-15(2)22-24(35-23)28-26(32)30(25(22)31)18-5-7-21-16(10-18)8-9-34-21/h4-13H,1-3H3,(H,28,32). The maximum absolute atomic E-state index is 13.6. The van der Waals surface area contributed by atoms with Gasteiger partial charge in [0.2, 0.25) is 0 Å². The summed E-state index contributed by atoms with van der Waals surface area (Å²) in [5.41, 5.74) is 3.30. The maximum Gasteiger partial charge on any atom is 0.334 e. The highest BCUT2D eigenvalue weighted by atomic mass is 32.1. The van der Waals surface area contributed by atoms with Crippen LogP contribution in [-0.2, 0) is 0 Å². The number of nitrogens with one attached hydrogen (secondary N) is 1. The third-order valence-corrected chi connectivity index (χ3v) is 8.27. The number of fused-ring (bicyclic) bond motifs is 2. The second kappa shape index (κ2) is 8.07. The zero-order valence-corrected chi connectivity index (χ0v) is 20.8. The number of hydrogen-bond acceptors (Lipinski definition) is 6. The number of aryl methyl sites for hydroxylation is 2. The molecule has 6 aromatic rings. The molecule has 2 aromatic carbocycles. The number of hydrogen-bond donors (Lipinski definition) is 1. The molecule has 0 fully saturated rings. The Hall–Kier alpha value is -3.95. The van der Waals surface area contributed by atoms with Gasteiger partial charge in [0, 0.05) is 15.8 Å². The SMILES string of the molecule is COc1cc(-c2sc3[nH]c(=O)n(-c4ccc5sccc5c4)c(=O)c3c2C)ccc1-n1cnc(C)c1. The smallest absolute Gasteiger partial charge is 0.334 e. The Balaban J connectivity index is 1.52. The molecule has 0 spiro atoms. The number of rotatable bonds is 4. The molecule has 174 valence electrons. The van der Waals surface area contributed by atoms with Gasteiger partial charge in [0.25, 0.3) is 5.56 Å². The molecular weight excluding hydrogens is 480 g/mol. The van der Waals surface area contributed by atoms with Gasteiger partial charge >= 0.3 is 5.69 Å². The van der Waals surface area contributed by atoms with Crippen LogP contribution in [0.1, 0.15) is 11.3 Å². The first-order chi connectivity index (χ1) is 16.9. The normalized spacial score (nSPS) is 11.5. The van der Waals surface area contributed by atoms with Crippen molar-refractivity contribution in [1.29, 1.82) is 0 Å². The van der Waals surface area contributed by atoms with Crippen LogP contribution >= 0.6 is 22.7 Å². The molecule has 0 aliphatic heterocycles. The van der Waals surface area contributed by atoms with Gasteiger partial charge in [0.1, 0.15) is 10.6 Å². The van der Waals surface area contributed by atoms with Gasteiger partial charge in [-0.1, -0.05) is 6.07 Å². The number of aromatic nitrogens is 4. The maximum atomic E-state index is 13.6. The Labute approximate surface area is 207 Å². The minimum atomic E-state index is -0.451. The zero-order chi connectivity index (χ0) is 24.3. The van der Waals surface area contributed by atoms with E-state index in [4.69, 9.17) is 4.74 Å². The summed E-state index contributed by atoms with van der Waals surface area (Å²) in [4.78, 5) is 35.2. The molecule has 4 heterocycles. The van der Waals surface area contributed by atoms with Crippen molar-refractivity contribution in [3.05, 3.63) is 92.5 Å². The summed E-state index contributed by atoms with van der Waals surface area (Å²) >= 11 is 3.02. The van der Waals surface area contributed by atoms with Crippen LogP contribution in [0.15, 0.2) is 70.0 Å². The average Bonchev–Trinajstić information content (AvgIpc) is 3.57. The van der Waals surface area contributed by atoms with E-state index in [9.17, 15) is 9.59 Å². The summed E-state index contributed by atoms with van der Waals surface area (Å²) in [6.07, 6.45) is 3.68. The minimum Gasteiger partial charge on any atom is -0.495 e. The second-order valence-corrected chi connectivity index (χ2v) is 10.3. The number of aromatic amines is 1. The minimum absolute atomic E-state index is 0.323. The van der Waals surface area contributed by atoms with Crippen molar-refractivity contribution in [1.82, 2.24) is 19.1 Å². The first-order valence-corrected chi connectivity index (χ1v) is 12.6. The van der Waals surface area contributed by atoms with Crippen molar-refractivity contribution in [2.45, 2.75) is 13.8 Å². The van der Waals surface area contributed by atoms with Crippen LogP contribution in [0.25, 0.3) is 42.1 Å². The van der Waals surface area contributed by atoms with E-state index < -0.39 is 5.69 Å².